The second-order valence-corrected chi connectivity index (χ2v) is 8.44. The van der Waals surface area contributed by atoms with E-state index in [9.17, 15) is 18.4 Å². The van der Waals surface area contributed by atoms with Crippen LogP contribution in [0.3, 0.4) is 0 Å². The van der Waals surface area contributed by atoms with Gasteiger partial charge in [-0.25, -0.2) is 8.78 Å². The van der Waals surface area contributed by atoms with Crippen molar-refractivity contribution in [1.82, 2.24) is 4.90 Å². The summed E-state index contributed by atoms with van der Waals surface area (Å²) in [4.78, 5) is 26.7. The lowest BCUT2D eigenvalue weighted by Crippen LogP contribution is -2.35. The predicted molar refractivity (Wildman–Crippen MR) is 111 cm³/mol. The Labute approximate surface area is 175 Å². The monoisotopic (exact) mass is 416 g/mol. The first-order valence-electron chi connectivity index (χ1n) is 10.0. The summed E-state index contributed by atoms with van der Waals surface area (Å²) in [5.41, 5.74) is -0.477. The van der Waals surface area contributed by atoms with Crippen molar-refractivity contribution >= 4 is 17.5 Å². The standard InChI is InChI=1S/C23H26F2N2O3/c1-23(2,3)22(29)26-20-18(25)13-16(24)14-19(20)30-17-9-7-15(8-10-17)21(28)27-11-5-4-6-12-27/h7-10,13-14H,4-6,11-12H2,1-3H3,(H,26,29). The Balaban J connectivity index is 1.80. The van der Waals surface area contributed by atoms with E-state index in [2.05, 4.69) is 5.32 Å². The Morgan fingerprint density at radius 2 is 1.63 bits per heavy atom. The molecule has 160 valence electrons. The van der Waals surface area contributed by atoms with Crippen LogP contribution >= 0.6 is 0 Å². The van der Waals surface area contributed by atoms with Crippen LogP contribution in [0.1, 0.15) is 50.4 Å². The lowest BCUT2D eigenvalue weighted by molar-refractivity contribution is -0.123. The van der Waals surface area contributed by atoms with Gasteiger partial charge in [0.1, 0.15) is 17.3 Å². The molecule has 1 fully saturated rings. The highest BCUT2D eigenvalue weighted by molar-refractivity contribution is 5.96. The zero-order valence-corrected chi connectivity index (χ0v) is 17.4. The average molecular weight is 416 g/mol. The lowest BCUT2D eigenvalue weighted by atomic mass is 9.95. The molecule has 0 atom stereocenters. The van der Waals surface area contributed by atoms with Gasteiger partial charge in [-0.1, -0.05) is 20.8 Å². The van der Waals surface area contributed by atoms with E-state index < -0.39 is 23.0 Å². The zero-order valence-electron chi connectivity index (χ0n) is 17.4. The number of nitrogens with zero attached hydrogens (tertiary/aromatic N) is 1. The van der Waals surface area contributed by atoms with E-state index in [0.29, 0.717) is 17.4 Å². The number of nitrogens with one attached hydrogen (secondary N) is 1. The highest BCUT2D eigenvalue weighted by Crippen LogP contribution is 2.34. The van der Waals surface area contributed by atoms with Crippen molar-refractivity contribution in [3.63, 3.8) is 0 Å². The third-order valence-corrected chi connectivity index (χ3v) is 4.91. The van der Waals surface area contributed by atoms with E-state index in [1.807, 2.05) is 4.90 Å². The Morgan fingerprint density at radius 1 is 1.00 bits per heavy atom. The van der Waals surface area contributed by atoms with Crippen LogP contribution in [-0.2, 0) is 4.79 Å². The van der Waals surface area contributed by atoms with Crippen LogP contribution in [0.5, 0.6) is 11.5 Å². The number of likely N-dealkylation sites (tertiary alicyclic amines) is 1. The third-order valence-electron chi connectivity index (χ3n) is 4.91. The van der Waals surface area contributed by atoms with Crippen molar-refractivity contribution in [2.75, 3.05) is 18.4 Å². The molecule has 30 heavy (non-hydrogen) atoms. The first-order valence-corrected chi connectivity index (χ1v) is 10.0. The minimum absolute atomic E-state index is 0.0452. The fourth-order valence-corrected chi connectivity index (χ4v) is 3.12. The number of benzene rings is 2. The van der Waals surface area contributed by atoms with Crippen LogP contribution in [0.15, 0.2) is 36.4 Å². The highest BCUT2D eigenvalue weighted by atomic mass is 19.1. The zero-order chi connectivity index (χ0) is 21.9. The number of halogens is 2. The topological polar surface area (TPSA) is 58.6 Å². The Kier molecular flexibility index (Phi) is 6.39. The van der Waals surface area contributed by atoms with Crippen LogP contribution in [0.4, 0.5) is 14.5 Å². The van der Waals surface area contributed by atoms with Crippen LogP contribution in [-0.4, -0.2) is 29.8 Å². The van der Waals surface area contributed by atoms with Gasteiger partial charge in [0, 0.05) is 36.2 Å². The summed E-state index contributed by atoms with van der Waals surface area (Å²) in [5, 5.41) is 2.47. The van der Waals surface area contributed by atoms with Gasteiger partial charge in [0.15, 0.2) is 11.6 Å². The molecule has 1 aliphatic heterocycles. The quantitative estimate of drug-likeness (QED) is 0.729. The molecule has 0 spiro atoms. The van der Waals surface area contributed by atoms with Crippen LogP contribution in [0.2, 0.25) is 0 Å². The van der Waals surface area contributed by atoms with Crippen molar-refractivity contribution in [3.8, 4) is 11.5 Å². The minimum atomic E-state index is -0.931. The second kappa shape index (κ2) is 8.81. The van der Waals surface area contributed by atoms with Gasteiger partial charge in [-0.3, -0.25) is 9.59 Å². The van der Waals surface area contributed by atoms with Gasteiger partial charge in [0.05, 0.1) is 0 Å². The van der Waals surface area contributed by atoms with Gasteiger partial charge in [0.2, 0.25) is 5.91 Å². The first kappa shape index (κ1) is 21.7. The molecule has 7 heteroatoms. The van der Waals surface area contributed by atoms with E-state index in [0.717, 1.165) is 38.4 Å². The SMILES string of the molecule is CC(C)(C)C(=O)Nc1c(F)cc(F)cc1Oc1ccc(C(=O)N2CCCCC2)cc1. The Bertz CT molecular complexity index is 931. The molecule has 0 aromatic heterocycles. The summed E-state index contributed by atoms with van der Waals surface area (Å²) in [6.45, 7) is 6.54. The molecule has 0 aliphatic carbocycles. The van der Waals surface area contributed by atoms with Crippen molar-refractivity contribution in [2.45, 2.75) is 40.0 Å². The summed E-state index contributed by atoms with van der Waals surface area (Å²) in [6, 6.07) is 8.06. The molecule has 5 nitrogen and oxygen atoms in total. The predicted octanol–water partition coefficient (Wildman–Crippen LogP) is 5.37. The molecule has 1 heterocycles. The van der Waals surface area contributed by atoms with E-state index in [-0.39, 0.29) is 17.3 Å². The third kappa shape index (κ3) is 5.14. The smallest absolute Gasteiger partial charge is 0.253 e. The summed E-state index contributed by atoms with van der Waals surface area (Å²) in [7, 11) is 0. The summed E-state index contributed by atoms with van der Waals surface area (Å²) < 4.78 is 33.8. The maximum Gasteiger partial charge on any atom is 0.253 e. The molecule has 1 N–H and O–H groups in total. The fraction of sp³-hybridized carbons (Fsp3) is 0.391. The van der Waals surface area contributed by atoms with Crippen LogP contribution < -0.4 is 10.1 Å². The Hall–Kier alpha value is -2.96. The lowest BCUT2D eigenvalue weighted by Gasteiger charge is -2.26. The number of piperidine rings is 1. The number of hydrogen-bond donors (Lipinski definition) is 1. The molecule has 2 aromatic rings. The molecule has 1 saturated heterocycles. The number of amides is 2. The maximum absolute atomic E-state index is 14.4. The van der Waals surface area contributed by atoms with Crippen molar-refractivity contribution in [1.29, 1.82) is 0 Å². The molecule has 3 rings (SSSR count). The summed E-state index contributed by atoms with van der Waals surface area (Å²) in [6.07, 6.45) is 3.14. The van der Waals surface area contributed by atoms with Crippen molar-refractivity contribution in [3.05, 3.63) is 53.6 Å². The molecule has 0 saturated carbocycles. The normalized spacial score (nSPS) is 14.4. The van der Waals surface area contributed by atoms with Crippen LogP contribution in [0, 0.1) is 17.0 Å². The van der Waals surface area contributed by atoms with Gasteiger partial charge in [-0.05, 0) is 43.5 Å². The molecule has 1 aliphatic rings. The average Bonchev–Trinajstić information content (AvgIpc) is 2.70. The molecule has 2 aromatic carbocycles. The summed E-state index contributed by atoms with van der Waals surface area (Å²) in [5.74, 6) is -2.09. The van der Waals surface area contributed by atoms with Gasteiger partial charge >= 0.3 is 0 Å². The first-order chi connectivity index (χ1) is 14.1. The number of ether oxygens (including phenoxy) is 1. The maximum atomic E-state index is 14.4. The molecule has 0 unspecified atom stereocenters. The van der Waals surface area contributed by atoms with Gasteiger partial charge < -0.3 is 15.0 Å². The molecule has 0 radical (unpaired) electrons. The van der Waals surface area contributed by atoms with Gasteiger partial charge in [-0.2, -0.15) is 0 Å². The van der Waals surface area contributed by atoms with Gasteiger partial charge in [-0.15, -0.1) is 0 Å². The largest absolute Gasteiger partial charge is 0.455 e. The number of anilines is 1. The highest BCUT2D eigenvalue weighted by Gasteiger charge is 2.25. The fourth-order valence-electron chi connectivity index (χ4n) is 3.12. The number of carbonyl (C=O) groups is 2. The van der Waals surface area contributed by atoms with Crippen LogP contribution in [0.25, 0.3) is 0 Å². The molecule has 0 bridgehead atoms. The van der Waals surface area contributed by atoms with Gasteiger partial charge in [0.25, 0.3) is 5.91 Å². The van der Waals surface area contributed by atoms with Crippen molar-refractivity contribution < 1.29 is 23.1 Å². The number of rotatable bonds is 4. The van der Waals surface area contributed by atoms with E-state index in [4.69, 9.17) is 4.74 Å². The van der Waals surface area contributed by atoms with E-state index in [1.165, 1.54) is 0 Å². The molecular weight excluding hydrogens is 390 g/mol. The number of hydrogen-bond acceptors (Lipinski definition) is 3. The van der Waals surface area contributed by atoms with E-state index in [1.54, 1.807) is 45.0 Å². The second-order valence-electron chi connectivity index (χ2n) is 8.44. The van der Waals surface area contributed by atoms with Crippen molar-refractivity contribution in [2.24, 2.45) is 5.41 Å². The minimum Gasteiger partial charge on any atom is -0.455 e. The number of carbonyl (C=O) groups excluding carboxylic acids is 2. The Morgan fingerprint density at radius 3 is 2.23 bits per heavy atom. The molecule has 2 amide bonds. The van der Waals surface area contributed by atoms with E-state index >= 15 is 0 Å². The molecular formula is C23H26F2N2O3. The summed E-state index contributed by atoms with van der Waals surface area (Å²) >= 11 is 0.